The largest absolute Gasteiger partial charge is 0.452 e. The van der Waals surface area contributed by atoms with Crippen molar-refractivity contribution in [1.82, 2.24) is 9.44 Å². The maximum absolute atomic E-state index is 11.3. The molecular weight excluding hydrogens is 274 g/mol. The molecule has 0 aromatic carbocycles. The van der Waals surface area contributed by atoms with Gasteiger partial charge in [0, 0.05) is 12.6 Å². The molecule has 0 aliphatic heterocycles. The Kier molecular flexibility index (Phi) is 6.49. The van der Waals surface area contributed by atoms with Gasteiger partial charge in [-0.3, -0.25) is 0 Å². The van der Waals surface area contributed by atoms with E-state index in [1.165, 1.54) is 0 Å². The van der Waals surface area contributed by atoms with E-state index in [1.54, 1.807) is 4.72 Å². The minimum absolute atomic E-state index is 0.0921. The molecule has 0 spiro atoms. The number of carbonyl (C=O) groups is 1. The second-order valence-electron chi connectivity index (χ2n) is 4.40. The van der Waals surface area contributed by atoms with Crippen LogP contribution in [0.1, 0.15) is 25.7 Å². The topological polar surface area (TPSA) is 120 Å². The molecule has 0 aromatic heterocycles. The summed E-state index contributed by atoms with van der Waals surface area (Å²) in [6.07, 6.45) is 2.76. The first-order chi connectivity index (χ1) is 8.93. The SMILES string of the molecule is COC(=O)NS(=O)(=O)NCCOC1CCC(N)CC1. The first-order valence-electron chi connectivity index (χ1n) is 6.15. The van der Waals surface area contributed by atoms with Crippen molar-refractivity contribution in [3.63, 3.8) is 0 Å². The number of hydrogen-bond acceptors (Lipinski definition) is 6. The third-order valence-corrected chi connectivity index (χ3v) is 3.89. The summed E-state index contributed by atoms with van der Waals surface area (Å²) in [7, 11) is -2.79. The molecule has 1 saturated carbocycles. The molecule has 0 unspecified atom stereocenters. The molecule has 0 saturated heterocycles. The molecule has 0 bridgehead atoms. The highest BCUT2D eigenvalue weighted by Crippen LogP contribution is 2.19. The van der Waals surface area contributed by atoms with Crippen molar-refractivity contribution in [2.45, 2.75) is 37.8 Å². The summed E-state index contributed by atoms with van der Waals surface area (Å²) in [5.41, 5.74) is 5.77. The van der Waals surface area contributed by atoms with Crippen molar-refractivity contribution < 1.29 is 22.7 Å². The van der Waals surface area contributed by atoms with Crippen LogP contribution < -0.4 is 15.2 Å². The van der Waals surface area contributed by atoms with Gasteiger partial charge in [0.25, 0.3) is 0 Å². The van der Waals surface area contributed by atoms with E-state index in [0.29, 0.717) is 0 Å². The molecule has 1 fully saturated rings. The third-order valence-electron chi connectivity index (χ3n) is 2.87. The van der Waals surface area contributed by atoms with Crippen molar-refractivity contribution in [3.8, 4) is 0 Å². The van der Waals surface area contributed by atoms with Crippen LogP contribution in [0.3, 0.4) is 0 Å². The fraction of sp³-hybridized carbons (Fsp3) is 0.900. The van der Waals surface area contributed by atoms with Crippen molar-refractivity contribution in [2.24, 2.45) is 5.73 Å². The Morgan fingerprint density at radius 2 is 1.95 bits per heavy atom. The zero-order valence-electron chi connectivity index (χ0n) is 10.9. The molecule has 9 heteroatoms. The van der Waals surface area contributed by atoms with E-state index < -0.39 is 16.3 Å². The van der Waals surface area contributed by atoms with E-state index in [1.807, 2.05) is 0 Å². The first kappa shape index (κ1) is 16.2. The second kappa shape index (κ2) is 7.63. The highest BCUT2D eigenvalue weighted by atomic mass is 32.2. The lowest BCUT2D eigenvalue weighted by molar-refractivity contribution is 0.0287. The second-order valence-corrected chi connectivity index (χ2v) is 5.90. The Morgan fingerprint density at radius 1 is 1.32 bits per heavy atom. The Morgan fingerprint density at radius 3 is 2.53 bits per heavy atom. The summed E-state index contributed by atoms with van der Waals surface area (Å²) in [6.45, 7) is 0.344. The number of hydrogen-bond donors (Lipinski definition) is 3. The Bertz CT molecular complexity index is 379. The zero-order valence-corrected chi connectivity index (χ0v) is 11.7. The van der Waals surface area contributed by atoms with Crippen LogP contribution in [-0.4, -0.2) is 46.9 Å². The van der Waals surface area contributed by atoms with Crippen LogP contribution in [0.4, 0.5) is 4.79 Å². The highest BCUT2D eigenvalue weighted by Gasteiger charge is 2.19. The number of methoxy groups -OCH3 is 1. The lowest BCUT2D eigenvalue weighted by Gasteiger charge is -2.26. The average Bonchev–Trinajstić information content (AvgIpc) is 2.36. The molecule has 1 amide bonds. The number of nitrogens with one attached hydrogen (secondary N) is 2. The predicted octanol–water partition coefficient (Wildman–Crippen LogP) is -0.537. The van der Waals surface area contributed by atoms with Crippen LogP contribution in [0, 0.1) is 0 Å². The monoisotopic (exact) mass is 295 g/mol. The van der Waals surface area contributed by atoms with E-state index in [2.05, 4.69) is 9.46 Å². The van der Waals surface area contributed by atoms with E-state index in [9.17, 15) is 13.2 Å². The van der Waals surface area contributed by atoms with Gasteiger partial charge in [0.15, 0.2) is 0 Å². The van der Waals surface area contributed by atoms with Gasteiger partial charge < -0.3 is 15.2 Å². The molecule has 0 radical (unpaired) electrons. The van der Waals surface area contributed by atoms with Gasteiger partial charge in [0.1, 0.15) is 0 Å². The maximum atomic E-state index is 11.3. The van der Waals surface area contributed by atoms with E-state index >= 15 is 0 Å². The molecule has 112 valence electrons. The molecule has 1 aliphatic rings. The summed E-state index contributed by atoms with van der Waals surface area (Å²) in [6, 6.07) is 0.252. The molecule has 0 aromatic rings. The van der Waals surface area contributed by atoms with Crippen LogP contribution >= 0.6 is 0 Å². The number of carbonyl (C=O) groups excluding carboxylic acids is 1. The van der Waals surface area contributed by atoms with Crippen LogP contribution in [0.2, 0.25) is 0 Å². The summed E-state index contributed by atoms with van der Waals surface area (Å²) in [4.78, 5) is 10.7. The fourth-order valence-corrected chi connectivity index (χ4v) is 2.57. The van der Waals surface area contributed by atoms with Crippen molar-refractivity contribution in [3.05, 3.63) is 0 Å². The van der Waals surface area contributed by atoms with E-state index in [0.717, 1.165) is 32.8 Å². The van der Waals surface area contributed by atoms with Crippen molar-refractivity contribution in [2.75, 3.05) is 20.3 Å². The van der Waals surface area contributed by atoms with Gasteiger partial charge >= 0.3 is 16.3 Å². The lowest BCUT2D eigenvalue weighted by atomic mass is 9.94. The van der Waals surface area contributed by atoms with Gasteiger partial charge in [-0.1, -0.05) is 0 Å². The number of rotatable bonds is 6. The molecule has 1 aliphatic carbocycles. The predicted molar refractivity (Wildman–Crippen MR) is 68.6 cm³/mol. The van der Waals surface area contributed by atoms with Gasteiger partial charge in [-0.25, -0.2) is 9.52 Å². The Labute approximate surface area is 113 Å². The van der Waals surface area contributed by atoms with E-state index in [4.69, 9.17) is 10.5 Å². The van der Waals surface area contributed by atoms with Gasteiger partial charge in [-0.05, 0) is 25.7 Å². The molecule has 8 nitrogen and oxygen atoms in total. The zero-order chi connectivity index (χ0) is 14.3. The molecule has 1 rings (SSSR count). The molecular formula is C10H21N3O5S. The van der Waals surface area contributed by atoms with Gasteiger partial charge in [-0.15, -0.1) is 0 Å². The number of ether oxygens (including phenoxy) is 2. The molecule has 19 heavy (non-hydrogen) atoms. The summed E-state index contributed by atoms with van der Waals surface area (Å²) in [5.74, 6) is 0. The van der Waals surface area contributed by atoms with Crippen LogP contribution in [0.15, 0.2) is 0 Å². The van der Waals surface area contributed by atoms with E-state index in [-0.39, 0.29) is 25.3 Å². The minimum Gasteiger partial charge on any atom is -0.452 e. The van der Waals surface area contributed by atoms with Crippen LogP contribution in [0.25, 0.3) is 0 Å². The first-order valence-corrected chi connectivity index (χ1v) is 7.64. The third kappa shape index (κ3) is 6.71. The van der Waals surface area contributed by atoms with Crippen LogP contribution in [-0.2, 0) is 19.7 Å². The summed E-state index contributed by atoms with van der Waals surface area (Å²) < 4.78 is 36.2. The highest BCUT2D eigenvalue weighted by molar-refractivity contribution is 7.88. The van der Waals surface area contributed by atoms with Crippen molar-refractivity contribution in [1.29, 1.82) is 0 Å². The number of amides is 1. The van der Waals surface area contributed by atoms with Crippen LogP contribution in [0.5, 0.6) is 0 Å². The molecule has 0 atom stereocenters. The fourth-order valence-electron chi connectivity index (χ4n) is 1.84. The van der Waals surface area contributed by atoms with Gasteiger partial charge in [0.2, 0.25) is 0 Å². The quantitative estimate of drug-likeness (QED) is 0.566. The minimum atomic E-state index is -3.88. The standard InChI is InChI=1S/C10H21N3O5S/c1-17-10(14)13-19(15,16)12-6-7-18-9-4-2-8(11)3-5-9/h8-9,12H,2-7,11H2,1H3,(H,13,14). The van der Waals surface area contributed by atoms with Gasteiger partial charge in [0.05, 0.1) is 19.8 Å². The normalized spacial score (nSPS) is 23.9. The van der Waals surface area contributed by atoms with Gasteiger partial charge in [-0.2, -0.15) is 13.1 Å². The average molecular weight is 295 g/mol. The smallest absolute Gasteiger partial charge is 0.421 e. The molecule has 4 N–H and O–H groups in total. The summed E-state index contributed by atoms with van der Waals surface area (Å²) in [5, 5.41) is 0. The Hall–Kier alpha value is -0.900. The number of nitrogens with two attached hydrogens (primary N) is 1. The van der Waals surface area contributed by atoms with Crippen molar-refractivity contribution >= 4 is 16.3 Å². The summed E-state index contributed by atoms with van der Waals surface area (Å²) >= 11 is 0. The lowest BCUT2D eigenvalue weighted by Crippen LogP contribution is -2.41. The molecule has 0 heterocycles. The maximum Gasteiger partial charge on any atom is 0.421 e. The Balaban J connectivity index is 2.15.